The third-order valence-electron chi connectivity index (χ3n) is 4.52. The Bertz CT molecular complexity index is 594. The van der Waals surface area contributed by atoms with Crippen molar-refractivity contribution in [3.05, 3.63) is 29.3 Å². The highest BCUT2D eigenvalue weighted by atomic mass is 35.5. The van der Waals surface area contributed by atoms with E-state index in [2.05, 4.69) is 30.4 Å². The van der Waals surface area contributed by atoms with Crippen molar-refractivity contribution in [1.82, 2.24) is 0 Å². The number of carbonyl (C=O) groups is 2. The van der Waals surface area contributed by atoms with Crippen molar-refractivity contribution in [2.75, 3.05) is 25.6 Å². The fraction of sp³-hybridized carbons (Fsp3) is 0.556. The summed E-state index contributed by atoms with van der Waals surface area (Å²) in [4.78, 5) is 22.2. The number of fused-ring (bicyclic) bond motifs is 1. The van der Waals surface area contributed by atoms with Crippen LogP contribution in [-0.2, 0) is 14.3 Å². The lowest BCUT2D eigenvalue weighted by molar-refractivity contribution is -0.140. The molecular formula is C18H27ClN2O4. The predicted molar refractivity (Wildman–Crippen MR) is 99.4 cm³/mol. The van der Waals surface area contributed by atoms with E-state index in [-0.39, 0.29) is 24.3 Å². The number of carbonyl (C=O) groups excluding carboxylic acids is 2. The predicted octanol–water partition coefficient (Wildman–Crippen LogP) is 3.55. The molecule has 0 spiro atoms. The van der Waals surface area contributed by atoms with Crippen LogP contribution >= 0.6 is 12.4 Å². The van der Waals surface area contributed by atoms with Crippen molar-refractivity contribution < 1.29 is 19.1 Å². The first-order valence-electron chi connectivity index (χ1n) is 8.41. The van der Waals surface area contributed by atoms with Crippen LogP contribution in [-0.4, -0.2) is 32.3 Å². The van der Waals surface area contributed by atoms with E-state index in [0.29, 0.717) is 18.9 Å². The molecule has 0 saturated carbocycles. The highest BCUT2D eigenvalue weighted by Crippen LogP contribution is 2.37. The van der Waals surface area contributed by atoms with Crippen LogP contribution in [0.3, 0.4) is 0 Å². The van der Waals surface area contributed by atoms with Gasteiger partial charge in [-0.1, -0.05) is 25.5 Å². The van der Waals surface area contributed by atoms with Gasteiger partial charge in [0.15, 0.2) is 0 Å². The number of esters is 1. The zero-order valence-electron chi connectivity index (χ0n) is 14.7. The van der Waals surface area contributed by atoms with E-state index in [9.17, 15) is 9.59 Å². The van der Waals surface area contributed by atoms with Crippen LogP contribution in [0.5, 0.6) is 0 Å². The topological polar surface area (TPSA) is 90.6 Å². The quantitative estimate of drug-likeness (QED) is 0.683. The number of rotatable bonds is 8. The number of primary amides is 1. The van der Waals surface area contributed by atoms with Crippen molar-refractivity contribution in [1.29, 1.82) is 0 Å². The SMILES string of the molecule is CCCC(COC(N)=O)c1ccc2c(c1)NCC2CCC(=O)OC.Cl. The molecule has 1 amide bonds. The Kier molecular flexibility index (Phi) is 8.55. The van der Waals surface area contributed by atoms with Gasteiger partial charge in [-0.2, -0.15) is 0 Å². The van der Waals surface area contributed by atoms with Crippen LogP contribution in [0.25, 0.3) is 0 Å². The fourth-order valence-electron chi connectivity index (χ4n) is 3.21. The minimum Gasteiger partial charge on any atom is -0.469 e. The Hall–Kier alpha value is -1.95. The first-order chi connectivity index (χ1) is 11.5. The fourth-order valence-corrected chi connectivity index (χ4v) is 3.21. The zero-order valence-corrected chi connectivity index (χ0v) is 15.6. The van der Waals surface area contributed by atoms with Gasteiger partial charge in [0.05, 0.1) is 7.11 Å². The number of hydrogen-bond acceptors (Lipinski definition) is 5. The molecule has 2 atom stereocenters. The zero-order chi connectivity index (χ0) is 17.5. The molecule has 1 aliphatic heterocycles. The van der Waals surface area contributed by atoms with Crippen LogP contribution in [0, 0.1) is 0 Å². The first kappa shape index (κ1) is 21.1. The molecule has 0 bridgehead atoms. The monoisotopic (exact) mass is 370 g/mol. The molecule has 0 radical (unpaired) electrons. The molecule has 1 aliphatic rings. The molecule has 7 heteroatoms. The van der Waals surface area contributed by atoms with E-state index >= 15 is 0 Å². The third-order valence-corrected chi connectivity index (χ3v) is 4.52. The van der Waals surface area contributed by atoms with Gasteiger partial charge in [0, 0.05) is 30.5 Å². The summed E-state index contributed by atoms with van der Waals surface area (Å²) in [7, 11) is 1.41. The van der Waals surface area contributed by atoms with E-state index in [1.807, 2.05) is 0 Å². The smallest absolute Gasteiger partial charge is 0.404 e. The van der Waals surface area contributed by atoms with Crippen LogP contribution in [0.2, 0.25) is 0 Å². The summed E-state index contributed by atoms with van der Waals surface area (Å²) in [6.07, 6.45) is 2.39. The lowest BCUT2D eigenvalue weighted by Gasteiger charge is -2.17. The number of amides is 1. The van der Waals surface area contributed by atoms with Crippen molar-refractivity contribution in [2.45, 2.75) is 44.4 Å². The van der Waals surface area contributed by atoms with Gasteiger partial charge in [-0.25, -0.2) is 4.79 Å². The van der Waals surface area contributed by atoms with Gasteiger partial charge in [-0.3, -0.25) is 4.79 Å². The van der Waals surface area contributed by atoms with Gasteiger partial charge in [0.2, 0.25) is 0 Å². The number of hydrogen-bond donors (Lipinski definition) is 2. The largest absolute Gasteiger partial charge is 0.469 e. The third kappa shape index (κ3) is 5.81. The Balaban J connectivity index is 0.00000312. The minimum atomic E-state index is -0.738. The van der Waals surface area contributed by atoms with Gasteiger partial charge in [-0.15, -0.1) is 12.4 Å². The molecule has 1 aromatic rings. The van der Waals surface area contributed by atoms with Gasteiger partial charge >= 0.3 is 12.1 Å². The average molecular weight is 371 g/mol. The maximum Gasteiger partial charge on any atom is 0.404 e. The number of halogens is 1. The summed E-state index contributed by atoms with van der Waals surface area (Å²) in [5, 5.41) is 3.41. The molecule has 140 valence electrons. The van der Waals surface area contributed by atoms with Gasteiger partial charge in [0.1, 0.15) is 6.61 Å². The first-order valence-corrected chi connectivity index (χ1v) is 8.41. The normalized spacial score (nSPS) is 16.2. The van der Waals surface area contributed by atoms with Gasteiger partial charge in [0.25, 0.3) is 0 Å². The summed E-state index contributed by atoms with van der Waals surface area (Å²) in [5.41, 5.74) is 8.55. The lowest BCUT2D eigenvalue weighted by Crippen LogP contribution is -2.18. The molecular weight excluding hydrogens is 344 g/mol. The molecule has 25 heavy (non-hydrogen) atoms. The summed E-state index contributed by atoms with van der Waals surface area (Å²) >= 11 is 0. The maximum atomic E-state index is 11.3. The van der Waals surface area contributed by atoms with E-state index in [1.54, 1.807) is 0 Å². The molecule has 6 nitrogen and oxygen atoms in total. The number of benzene rings is 1. The van der Waals surface area contributed by atoms with E-state index < -0.39 is 6.09 Å². The van der Waals surface area contributed by atoms with Crippen LogP contribution < -0.4 is 11.1 Å². The summed E-state index contributed by atoms with van der Waals surface area (Å²) in [6.45, 7) is 3.23. The molecule has 3 N–H and O–H groups in total. The van der Waals surface area contributed by atoms with E-state index in [1.165, 1.54) is 12.7 Å². The van der Waals surface area contributed by atoms with Crippen molar-refractivity contribution >= 4 is 30.2 Å². The van der Waals surface area contributed by atoms with Crippen LogP contribution in [0.1, 0.15) is 55.6 Å². The maximum absolute atomic E-state index is 11.3. The second-order valence-electron chi connectivity index (χ2n) is 6.15. The number of anilines is 1. The van der Waals surface area contributed by atoms with Crippen molar-refractivity contribution in [3.63, 3.8) is 0 Å². The van der Waals surface area contributed by atoms with Gasteiger partial charge < -0.3 is 20.5 Å². The number of nitrogens with one attached hydrogen (secondary N) is 1. The molecule has 1 aromatic carbocycles. The minimum absolute atomic E-state index is 0. The van der Waals surface area contributed by atoms with Crippen LogP contribution in [0.15, 0.2) is 18.2 Å². The molecule has 2 unspecified atom stereocenters. The molecule has 0 fully saturated rings. The van der Waals surface area contributed by atoms with E-state index in [4.69, 9.17) is 15.2 Å². The van der Waals surface area contributed by atoms with Crippen LogP contribution in [0.4, 0.5) is 10.5 Å². The Morgan fingerprint density at radius 2 is 2.16 bits per heavy atom. The summed E-state index contributed by atoms with van der Waals surface area (Å²) < 4.78 is 9.71. The number of methoxy groups -OCH3 is 1. The molecule has 0 aromatic heterocycles. The highest BCUT2D eigenvalue weighted by molar-refractivity contribution is 5.85. The lowest BCUT2D eigenvalue weighted by atomic mass is 9.91. The molecule has 1 heterocycles. The second kappa shape index (κ2) is 10.1. The molecule has 0 saturated heterocycles. The van der Waals surface area contributed by atoms with E-state index in [0.717, 1.165) is 37.1 Å². The molecule has 2 rings (SSSR count). The summed E-state index contributed by atoms with van der Waals surface area (Å²) in [5.74, 6) is 0.287. The van der Waals surface area contributed by atoms with Crippen molar-refractivity contribution in [3.8, 4) is 0 Å². The average Bonchev–Trinajstić information content (AvgIpc) is 2.98. The Morgan fingerprint density at radius 3 is 2.80 bits per heavy atom. The number of ether oxygens (including phenoxy) is 2. The van der Waals surface area contributed by atoms with Gasteiger partial charge in [-0.05, 0) is 30.0 Å². The Labute approximate surface area is 154 Å². The van der Waals surface area contributed by atoms with Crippen molar-refractivity contribution in [2.24, 2.45) is 5.73 Å². The standard InChI is InChI=1S/C18H26N2O4.ClH/c1-3-4-14(11-24-18(19)22)12-5-7-15-13(6-8-17(21)23-2)10-20-16(15)9-12;/h5,7,9,13-14,20H,3-4,6,8,10-11H2,1-2H3,(H2,19,22);1H. The number of nitrogens with two attached hydrogens (primary N) is 1. The second-order valence-corrected chi connectivity index (χ2v) is 6.15. The molecule has 0 aliphatic carbocycles. The summed E-state index contributed by atoms with van der Waals surface area (Å²) in [6, 6.07) is 6.32. The Morgan fingerprint density at radius 1 is 1.40 bits per heavy atom. The highest BCUT2D eigenvalue weighted by Gasteiger charge is 2.24.